The van der Waals surface area contributed by atoms with Crippen LogP contribution in [0.2, 0.25) is 0 Å². The molecule has 30 heavy (non-hydrogen) atoms. The molecule has 3 heterocycles. The van der Waals surface area contributed by atoms with Gasteiger partial charge >= 0.3 is 0 Å². The fraction of sp³-hybridized carbons (Fsp3) is 0.538. The van der Waals surface area contributed by atoms with Crippen molar-refractivity contribution in [3.8, 4) is 5.75 Å². The van der Waals surface area contributed by atoms with Crippen LogP contribution in [0, 0.1) is 6.92 Å². The van der Waals surface area contributed by atoms with E-state index in [0.29, 0.717) is 6.04 Å². The molecule has 0 unspecified atom stereocenters. The maximum absolute atomic E-state index is 6.64. The third-order valence-corrected chi connectivity index (χ3v) is 7.32. The second kappa shape index (κ2) is 8.24. The van der Waals surface area contributed by atoms with Crippen molar-refractivity contribution in [2.45, 2.75) is 57.2 Å². The Morgan fingerprint density at radius 1 is 1.03 bits per heavy atom. The number of rotatable bonds is 4. The quantitative estimate of drug-likeness (QED) is 0.800. The van der Waals surface area contributed by atoms with Gasteiger partial charge in [-0.15, -0.1) is 0 Å². The van der Waals surface area contributed by atoms with Crippen LogP contribution >= 0.6 is 0 Å². The molecule has 5 rings (SSSR count). The van der Waals surface area contributed by atoms with Crippen molar-refractivity contribution in [1.29, 1.82) is 0 Å². The highest BCUT2D eigenvalue weighted by molar-refractivity contribution is 5.56. The Morgan fingerprint density at radius 2 is 1.80 bits per heavy atom. The van der Waals surface area contributed by atoms with Gasteiger partial charge < -0.3 is 19.9 Å². The van der Waals surface area contributed by atoms with Crippen molar-refractivity contribution >= 4 is 5.69 Å². The van der Waals surface area contributed by atoms with E-state index in [1.807, 2.05) is 0 Å². The summed E-state index contributed by atoms with van der Waals surface area (Å²) < 4.78 is 6.64. The average molecular weight is 406 g/mol. The summed E-state index contributed by atoms with van der Waals surface area (Å²) in [6.07, 6.45) is 5.90. The standard InChI is InChI=1S/C26H35N3O/c1-20-9-10-21(24(17-20)29-13-5-6-14-29)19-27-23-18-26(11-15-28(2)16-12-26)30-25-8-4-3-7-22(23)25/h3-4,7-10,17,23,27H,5-6,11-16,18-19H2,1-2H3/t23-/m1/s1. The lowest BCUT2D eigenvalue weighted by atomic mass is 9.80. The minimum atomic E-state index is -0.0242. The minimum absolute atomic E-state index is 0.0242. The third-order valence-electron chi connectivity index (χ3n) is 7.32. The molecule has 1 N–H and O–H groups in total. The molecule has 2 saturated heterocycles. The Bertz CT molecular complexity index is 882. The Labute approximate surface area is 181 Å². The van der Waals surface area contributed by atoms with Crippen LogP contribution in [0.25, 0.3) is 0 Å². The van der Waals surface area contributed by atoms with Crippen LogP contribution in [-0.2, 0) is 6.54 Å². The zero-order valence-electron chi connectivity index (χ0n) is 18.5. The van der Waals surface area contributed by atoms with Crippen LogP contribution in [0.15, 0.2) is 42.5 Å². The number of anilines is 1. The number of para-hydroxylation sites is 1. The fourth-order valence-electron chi connectivity index (χ4n) is 5.44. The molecule has 0 aromatic heterocycles. The number of aryl methyl sites for hydroxylation is 1. The Hall–Kier alpha value is -2.04. The smallest absolute Gasteiger partial charge is 0.124 e. The van der Waals surface area contributed by atoms with Crippen LogP contribution in [-0.4, -0.2) is 43.7 Å². The zero-order valence-corrected chi connectivity index (χ0v) is 18.5. The van der Waals surface area contributed by atoms with E-state index >= 15 is 0 Å². The van der Waals surface area contributed by atoms with Gasteiger partial charge in [-0.05, 0) is 62.9 Å². The monoisotopic (exact) mass is 405 g/mol. The maximum atomic E-state index is 6.64. The first kappa shape index (κ1) is 19.9. The lowest BCUT2D eigenvalue weighted by molar-refractivity contribution is -0.0204. The summed E-state index contributed by atoms with van der Waals surface area (Å²) in [5, 5.41) is 3.94. The van der Waals surface area contributed by atoms with Gasteiger partial charge in [0.1, 0.15) is 11.4 Å². The molecule has 3 aliphatic heterocycles. The molecule has 1 atom stereocenters. The third kappa shape index (κ3) is 3.95. The van der Waals surface area contributed by atoms with Crippen LogP contribution in [0.1, 0.15) is 54.8 Å². The van der Waals surface area contributed by atoms with Gasteiger partial charge in [0.05, 0.1) is 0 Å². The number of hydrogen-bond acceptors (Lipinski definition) is 4. The van der Waals surface area contributed by atoms with Crippen LogP contribution in [0.4, 0.5) is 5.69 Å². The first-order valence-electron chi connectivity index (χ1n) is 11.7. The molecular weight excluding hydrogens is 370 g/mol. The predicted octanol–water partition coefficient (Wildman–Crippen LogP) is 4.67. The van der Waals surface area contributed by atoms with Gasteiger partial charge in [-0.1, -0.05) is 30.3 Å². The number of fused-ring (bicyclic) bond motifs is 1. The lowest BCUT2D eigenvalue weighted by Gasteiger charge is -2.46. The van der Waals surface area contributed by atoms with Crippen molar-refractivity contribution in [2.75, 3.05) is 38.1 Å². The minimum Gasteiger partial charge on any atom is -0.487 e. The number of nitrogens with one attached hydrogen (secondary N) is 1. The highest BCUT2D eigenvalue weighted by atomic mass is 16.5. The lowest BCUT2D eigenvalue weighted by Crippen LogP contribution is -2.51. The Kier molecular flexibility index (Phi) is 5.46. The largest absolute Gasteiger partial charge is 0.487 e. The molecule has 2 aromatic carbocycles. The highest BCUT2D eigenvalue weighted by Crippen LogP contribution is 2.44. The molecule has 160 valence electrons. The topological polar surface area (TPSA) is 27.7 Å². The molecule has 0 amide bonds. The van der Waals surface area contributed by atoms with Crippen molar-refractivity contribution < 1.29 is 4.74 Å². The van der Waals surface area contributed by atoms with Gasteiger partial charge in [0, 0.05) is 56.4 Å². The van der Waals surface area contributed by atoms with Gasteiger partial charge in [0.15, 0.2) is 0 Å². The predicted molar refractivity (Wildman–Crippen MR) is 123 cm³/mol. The van der Waals surface area contributed by atoms with E-state index in [9.17, 15) is 0 Å². The van der Waals surface area contributed by atoms with Crippen LogP contribution in [0.3, 0.4) is 0 Å². The fourth-order valence-corrected chi connectivity index (χ4v) is 5.44. The summed E-state index contributed by atoms with van der Waals surface area (Å²) in [5.74, 6) is 1.08. The second-order valence-electron chi connectivity index (χ2n) is 9.59. The van der Waals surface area contributed by atoms with Gasteiger partial charge in [-0.3, -0.25) is 0 Å². The first-order chi connectivity index (χ1) is 14.6. The summed E-state index contributed by atoms with van der Waals surface area (Å²) >= 11 is 0. The summed E-state index contributed by atoms with van der Waals surface area (Å²) in [7, 11) is 2.22. The molecule has 0 radical (unpaired) electrons. The Morgan fingerprint density at radius 3 is 2.60 bits per heavy atom. The molecule has 2 fully saturated rings. The Balaban J connectivity index is 1.38. The SMILES string of the molecule is Cc1ccc(CN[C@@H]2CC3(CCN(C)CC3)Oc3ccccc32)c(N2CCCC2)c1. The summed E-state index contributed by atoms with van der Waals surface area (Å²) in [6, 6.07) is 15.9. The molecule has 1 spiro atoms. The van der Waals surface area contributed by atoms with E-state index in [4.69, 9.17) is 4.74 Å². The van der Waals surface area contributed by atoms with Crippen molar-refractivity contribution in [3.63, 3.8) is 0 Å². The zero-order chi connectivity index (χ0) is 20.6. The van der Waals surface area contributed by atoms with E-state index in [1.54, 1.807) is 0 Å². The molecule has 4 heteroatoms. The number of nitrogens with zero attached hydrogens (tertiary/aromatic N) is 2. The highest BCUT2D eigenvalue weighted by Gasteiger charge is 2.42. The van der Waals surface area contributed by atoms with E-state index in [-0.39, 0.29) is 5.60 Å². The van der Waals surface area contributed by atoms with Gasteiger partial charge in [-0.2, -0.15) is 0 Å². The second-order valence-corrected chi connectivity index (χ2v) is 9.59. The van der Waals surface area contributed by atoms with E-state index in [0.717, 1.165) is 44.6 Å². The normalized spacial score (nSPS) is 23.4. The first-order valence-corrected chi connectivity index (χ1v) is 11.7. The summed E-state index contributed by atoms with van der Waals surface area (Å²) in [6.45, 7) is 7.72. The van der Waals surface area contributed by atoms with Gasteiger partial charge in [0.25, 0.3) is 0 Å². The maximum Gasteiger partial charge on any atom is 0.124 e. The van der Waals surface area contributed by atoms with E-state index in [2.05, 4.69) is 71.6 Å². The molecular formula is C26H35N3O. The number of hydrogen-bond donors (Lipinski definition) is 1. The summed E-state index contributed by atoms with van der Waals surface area (Å²) in [4.78, 5) is 4.99. The molecule has 0 saturated carbocycles. The van der Waals surface area contributed by atoms with Crippen LogP contribution < -0.4 is 15.0 Å². The van der Waals surface area contributed by atoms with E-state index in [1.165, 1.54) is 48.3 Å². The van der Waals surface area contributed by atoms with E-state index < -0.39 is 0 Å². The molecule has 4 nitrogen and oxygen atoms in total. The number of likely N-dealkylation sites (tertiary alicyclic amines) is 1. The number of benzene rings is 2. The molecule has 3 aliphatic rings. The molecule has 2 aromatic rings. The van der Waals surface area contributed by atoms with Gasteiger partial charge in [-0.25, -0.2) is 0 Å². The van der Waals surface area contributed by atoms with Crippen LogP contribution in [0.5, 0.6) is 5.75 Å². The van der Waals surface area contributed by atoms with Gasteiger partial charge in [0.2, 0.25) is 0 Å². The molecule has 0 aliphatic carbocycles. The average Bonchev–Trinajstić information content (AvgIpc) is 3.30. The number of piperidine rings is 1. The van der Waals surface area contributed by atoms with Crippen molar-refractivity contribution in [1.82, 2.24) is 10.2 Å². The summed E-state index contributed by atoms with van der Waals surface area (Å²) in [5.41, 5.74) is 5.49. The molecule has 0 bridgehead atoms. The van der Waals surface area contributed by atoms with Crippen molar-refractivity contribution in [3.05, 3.63) is 59.2 Å². The number of ether oxygens (including phenoxy) is 1. The van der Waals surface area contributed by atoms with Crippen molar-refractivity contribution in [2.24, 2.45) is 0 Å².